The summed E-state index contributed by atoms with van der Waals surface area (Å²) in [5.74, 6) is -0.0502. The smallest absolute Gasteiger partial charge is 0.248 e. The molecule has 10 heteroatoms. The van der Waals surface area contributed by atoms with Gasteiger partial charge in [-0.3, -0.25) is 14.4 Å². The Bertz CT molecular complexity index is 905. The molecular formula is C23H36N6O4. The number of β-amino-alcohol motifs (C(OH)–C–C–N with tert-alkyl or cyclic N) is 1. The minimum atomic E-state index is -0.761. The number of aliphatic hydroxyl groups is 1. The highest BCUT2D eigenvalue weighted by atomic mass is 16.3. The number of nitrogens with one attached hydrogen (secondary N) is 2. The second-order valence-corrected chi connectivity index (χ2v) is 11.1. The summed E-state index contributed by atoms with van der Waals surface area (Å²) in [7, 11) is 0. The Morgan fingerprint density at radius 3 is 2.67 bits per heavy atom. The second-order valence-electron chi connectivity index (χ2n) is 11.1. The standard InChI is InChI=1S/C23H36N6O4/c1-13-7-14(8-19(31)25-13)10-24-21(32)18-9-16(30)11-28(18)22(33)20(23(2,3)4)29-12-17(26-27-29)15-5-6-15/h12-16,18,20,30H,5-11H2,1-4H3,(H,24,32)(H,25,31)/t13?,14?,16?,18?,20-/m1/s1. The number of likely N-dealkylation sites (tertiary alicyclic amines) is 1. The summed E-state index contributed by atoms with van der Waals surface area (Å²) in [5.41, 5.74) is 0.435. The highest BCUT2D eigenvalue weighted by molar-refractivity contribution is 5.90. The molecule has 2 saturated heterocycles. The lowest BCUT2D eigenvalue weighted by Gasteiger charge is -2.35. The van der Waals surface area contributed by atoms with E-state index in [-0.39, 0.29) is 42.6 Å². The number of piperidine rings is 1. The van der Waals surface area contributed by atoms with Gasteiger partial charge >= 0.3 is 0 Å². The van der Waals surface area contributed by atoms with E-state index in [1.807, 2.05) is 33.9 Å². The quantitative estimate of drug-likeness (QED) is 0.574. The fourth-order valence-electron chi connectivity index (χ4n) is 5.08. The number of rotatable bonds is 6. The monoisotopic (exact) mass is 460 g/mol. The van der Waals surface area contributed by atoms with Gasteiger partial charge in [-0.15, -0.1) is 5.10 Å². The van der Waals surface area contributed by atoms with Crippen LogP contribution in [0.2, 0.25) is 0 Å². The summed E-state index contributed by atoms with van der Waals surface area (Å²) >= 11 is 0. The number of amides is 3. The molecule has 3 fully saturated rings. The number of hydrogen-bond acceptors (Lipinski definition) is 6. The van der Waals surface area contributed by atoms with Crippen molar-refractivity contribution in [3.05, 3.63) is 11.9 Å². The van der Waals surface area contributed by atoms with Gasteiger partial charge in [-0.2, -0.15) is 0 Å². The van der Waals surface area contributed by atoms with E-state index >= 15 is 0 Å². The zero-order chi connectivity index (χ0) is 23.9. The first-order valence-corrected chi connectivity index (χ1v) is 12.0. The predicted molar refractivity (Wildman–Crippen MR) is 120 cm³/mol. The van der Waals surface area contributed by atoms with Gasteiger partial charge in [0, 0.05) is 44.1 Å². The molecule has 0 bridgehead atoms. The first-order chi connectivity index (χ1) is 15.5. The zero-order valence-corrected chi connectivity index (χ0v) is 20.0. The summed E-state index contributed by atoms with van der Waals surface area (Å²) in [6.07, 6.45) is 4.64. The molecule has 33 heavy (non-hydrogen) atoms. The molecule has 0 spiro atoms. The van der Waals surface area contributed by atoms with Gasteiger partial charge < -0.3 is 20.6 Å². The van der Waals surface area contributed by atoms with E-state index in [1.165, 1.54) is 4.90 Å². The van der Waals surface area contributed by atoms with Crippen molar-refractivity contribution in [2.24, 2.45) is 11.3 Å². The van der Waals surface area contributed by atoms with Crippen LogP contribution in [-0.2, 0) is 14.4 Å². The number of nitrogens with zero attached hydrogens (tertiary/aromatic N) is 4. The van der Waals surface area contributed by atoms with Gasteiger partial charge in [0.2, 0.25) is 17.7 Å². The average molecular weight is 461 g/mol. The van der Waals surface area contributed by atoms with Gasteiger partial charge in [0.25, 0.3) is 0 Å². The number of carbonyl (C=O) groups is 3. The maximum absolute atomic E-state index is 13.7. The van der Waals surface area contributed by atoms with E-state index in [2.05, 4.69) is 20.9 Å². The first-order valence-electron chi connectivity index (χ1n) is 12.0. The Morgan fingerprint density at radius 2 is 2.03 bits per heavy atom. The predicted octanol–water partition coefficient (Wildman–Crippen LogP) is 0.735. The topological polar surface area (TPSA) is 129 Å². The molecule has 4 unspecified atom stereocenters. The molecule has 5 atom stereocenters. The molecule has 10 nitrogen and oxygen atoms in total. The fraction of sp³-hybridized carbons (Fsp3) is 0.783. The zero-order valence-electron chi connectivity index (χ0n) is 20.0. The Labute approximate surface area is 194 Å². The number of carbonyl (C=O) groups excluding carboxylic acids is 3. The second kappa shape index (κ2) is 9.04. The average Bonchev–Trinajstić information content (AvgIpc) is 3.32. The molecule has 3 aliphatic rings. The third-order valence-corrected chi connectivity index (χ3v) is 6.84. The molecule has 0 aromatic carbocycles. The summed E-state index contributed by atoms with van der Waals surface area (Å²) in [4.78, 5) is 40.1. The van der Waals surface area contributed by atoms with E-state index in [0.717, 1.165) is 25.0 Å². The molecule has 182 valence electrons. The molecule has 3 heterocycles. The maximum Gasteiger partial charge on any atom is 0.248 e. The van der Waals surface area contributed by atoms with Crippen LogP contribution in [0.5, 0.6) is 0 Å². The molecule has 2 aliphatic heterocycles. The van der Waals surface area contributed by atoms with Gasteiger partial charge in [-0.25, -0.2) is 4.68 Å². The van der Waals surface area contributed by atoms with Gasteiger partial charge in [0.1, 0.15) is 12.1 Å². The van der Waals surface area contributed by atoms with Crippen molar-refractivity contribution >= 4 is 17.7 Å². The molecule has 1 aromatic rings. The summed E-state index contributed by atoms with van der Waals surface area (Å²) < 4.78 is 1.62. The molecule has 3 N–H and O–H groups in total. The van der Waals surface area contributed by atoms with Crippen LogP contribution in [0.15, 0.2) is 6.20 Å². The maximum atomic E-state index is 13.7. The van der Waals surface area contributed by atoms with E-state index in [4.69, 9.17) is 0 Å². The van der Waals surface area contributed by atoms with Crippen LogP contribution in [0, 0.1) is 11.3 Å². The van der Waals surface area contributed by atoms with Crippen molar-refractivity contribution in [2.45, 2.75) is 89.9 Å². The van der Waals surface area contributed by atoms with Gasteiger partial charge in [-0.05, 0) is 37.5 Å². The Hall–Kier alpha value is -2.49. The van der Waals surface area contributed by atoms with Crippen molar-refractivity contribution in [2.75, 3.05) is 13.1 Å². The highest BCUT2D eigenvalue weighted by Crippen LogP contribution is 2.40. The van der Waals surface area contributed by atoms with Crippen LogP contribution in [0.25, 0.3) is 0 Å². The Morgan fingerprint density at radius 1 is 1.30 bits per heavy atom. The minimum Gasteiger partial charge on any atom is -0.391 e. The van der Waals surface area contributed by atoms with Crippen molar-refractivity contribution in [3.8, 4) is 0 Å². The van der Waals surface area contributed by atoms with E-state index in [0.29, 0.717) is 18.9 Å². The largest absolute Gasteiger partial charge is 0.391 e. The van der Waals surface area contributed by atoms with Crippen molar-refractivity contribution in [1.82, 2.24) is 30.5 Å². The SMILES string of the molecule is CC1CC(CNC(=O)C2CC(O)CN2C(=O)[C@@H](n2cc(C3CC3)nn2)C(C)(C)C)CC(=O)N1. The fourth-order valence-corrected chi connectivity index (χ4v) is 5.08. The Kier molecular flexibility index (Phi) is 6.48. The van der Waals surface area contributed by atoms with E-state index < -0.39 is 23.6 Å². The molecule has 4 rings (SSSR count). The molecule has 1 saturated carbocycles. The third kappa shape index (κ3) is 5.37. The molecular weight excluding hydrogens is 424 g/mol. The normalized spacial score (nSPS) is 29.0. The third-order valence-electron chi connectivity index (χ3n) is 6.84. The number of aromatic nitrogens is 3. The molecule has 3 amide bonds. The minimum absolute atomic E-state index is 0.00694. The van der Waals surface area contributed by atoms with Gasteiger partial charge in [0.05, 0.1) is 11.8 Å². The van der Waals surface area contributed by atoms with Crippen LogP contribution < -0.4 is 10.6 Å². The van der Waals surface area contributed by atoms with E-state index in [9.17, 15) is 19.5 Å². The van der Waals surface area contributed by atoms with Crippen molar-refractivity contribution in [3.63, 3.8) is 0 Å². The highest BCUT2D eigenvalue weighted by Gasteiger charge is 2.45. The van der Waals surface area contributed by atoms with Crippen LogP contribution in [0.1, 0.15) is 77.5 Å². The summed E-state index contributed by atoms with van der Waals surface area (Å²) in [6.45, 7) is 8.32. The first kappa shape index (κ1) is 23.7. The molecule has 1 aliphatic carbocycles. The van der Waals surface area contributed by atoms with Gasteiger partial charge in [0.15, 0.2) is 0 Å². The lowest BCUT2D eigenvalue weighted by atomic mass is 9.85. The lowest BCUT2D eigenvalue weighted by molar-refractivity contribution is -0.144. The van der Waals surface area contributed by atoms with Crippen LogP contribution in [0.3, 0.4) is 0 Å². The lowest BCUT2D eigenvalue weighted by Crippen LogP contribution is -2.51. The van der Waals surface area contributed by atoms with E-state index in [1.54, 1.807) is 4.68 Å². The summed E-state index contributed by atoms with van der Waals surface area (Å²) in [6, 6.07) is -1.31. The van der Waals surface area contributed by atoms with Crippen LogP contribution in [0.4, 0.5) is 0 Å². The summed E-state index contributed by atoms with van der Waals surface area (Å²) in [5, 5.41) is 24.7. The van der Waals surface area contributed by atoms with Crippen molar-refractivity contribution < 1.29 is 19.5 Å². The molecule has 1 aromatic heterocycles. The number of hydrogen-bond donors (Lipinski definition) is 3. The van der Waals surface area contributed by atoms with Crippen LogP contribution >= 0.6 is 0 Å². The van der Waals surface area contributed by atoms with Crippen LogP contribution in [-0.4, -0.2) is 74.0 Å². The Balaban J connectivity index is 1.47. The molecule has 0 radical (unpaired) electrons. The number of aliphatic hydroxyl groups excluding tert-OH is 1. The van der Waals surface area contributed by atoms with Crippen molar-refractivity contribution in [1.29, 1.82) is 0 Å². The van der Waals surface area contributed by atoms with Gasteiger partial charge in [-0.1, -0.05) is 26.0 Å².